The molecule has 2 fully saturated rings. The van der Waals surface area contributed by atoms with E-state index in [9.17, 15) is 0 Å². The van der Waals surface area contributed by atoms with Crippen LogP contribution in [0.25, 0.3) is 21.5 Å². The first-order chi connectivity index (χ1) is 15.3. The molecule has 0 amide bonds. The van der Waals surface area contributed by atoms with Gasteiger partial charge in [-0.15, -0.1) is 0 Å². The lowest BCUT2D eigenvalue weighted by Gasteiger charge is -2.10. The Morgan fingerprint density at radius 3 is 1.84 bits per heavy atom. The summed E-state index contributed by atoms with van der Waals surface area (Å²) in [6, 6.07) is 25.8. The number of hydrogen-bond donors (Lipinski definition) is 0. The number of fused-ring (bicyclic) bond motifs is 2. The highest BCUT2D eigenvalue weighted by atomic mass is 16.5. The van der Waals surface area contributed by atoms with Crippen LogP contribution in [0.15, 0.2) is 72.8 Å². The molecule has 0 heterocycles. The lowest BCUT2D eigenvalue weighted by Crippen LogP contribution is -1.98. The summed E-state index contributed by atoms with van der Waals surface area (Å²) >= 11 is 0. The van der Waals surface area contributed by atoms with Crippen molar-refractivity contribution in [1.29, 1.82) is 0 Å². The Labute approximate surface area is 183 Å². The number of aryl methyl sites for hydroxylation is 1. The highest BCUT2D eigenvalue weighted by Crippen LogP contribution is 2.35. The predicted octanol–water partition coefficient (Wildman–Crippen LogP) is 7.92. The molecule has 2 nitrogen and oxygen atoms in total. The average Bonchev–Trinajstić information content (AvgIpc) is 3.71. The van der Waals surface area contributed by atoms with Crippen LogP contribution >= 0.6 is 0 Å². The average molecular weight is 409 g/mol. The molecule has 4 aromatic rings. The van der Waals surface area contributed by atoms with Gasteiger partial charge >= 0.3 is 0 Å². The van der Waals surface area contributed by atoms with E-state index in [0.717, 1.165) is 41.1 Å². The fraction of sp³-hybridized carbons (Fsp3) is 0.310. The molecule has 2 saturated carbocycles. The molecule has 0 unspecified atom stereocenters. The van der Waals surface area contributed by atoms with Crippen LogP contribution in [0.2, 0.25) is 0 Å². The lowest BCUT2D eigenvalue weighted by atomic mass is 10.0. The second-order valence-electron chi connectivity index (χ2n) is 9.35. The Hall–Kier alpha value is -3.00. The molecule has 0 radical (unpaired) electrons. The highest BCUT2D eigenvalue weighted by molar-refractivity contribution is 5.86. The van der Waals surface area contributed by atoms with Gasteiger partial charge in [0.15, 0.2) is 0 Å². The van der Waals surface area contributed by atoms with Gasteiger partial charge in [-0.05, 0) is 101 Å². The molecular weight excluding hydrogens is 380 g/mol. The number of benzene rings is 4. The summed E-state index contributed by atoms with van der Waals surface area (Å²) in [5.41, 5.74) is 1.43. The van der Waals surface area contributed by atoms with Crippen molar-refractivity contribution in [2.75, 3.05) is 6.61 Å². The first kappa shape index (κ1) is 18.7. The molecule has 156 valence electrons. The maximum atomic E-state index is 6.25. The van der Waals surface area contributed by atoms with Crippen LogP contribution in [0.1, 0.15) is 37.7 Å². The lowest BCUT2D eigenvalue weighted by molar-refractivity contribution is 0.300. The summed E-state index contributed by atoms with van der Waals surface area (Å²) in [6.07, 6.45) is 7.96. The van der Waals surface area contributed by atoms with Gasteiger partial charge in [-0.3, -0.25) is 0 Å². The summed E-state index contributed by atoms with van der Waals surface area (Å²) in [5.74, 6) is 4.41. The van der Waals surface area contributed by atoms with Gasteiger partial charge in [-0.1, -0.05) is 49.2 Å². The van der Waals surface area contributed by atoms with Crippen LogP contribution in [0.4, 0.5) is 0 Å². The molecule has 0 bridgehead atoms. The SMILES string of the molecule is c1cc2ccc(Oc3ccc4ccc(OCC5CC5)cc4c3)cc2cc1CCC1CC1. The molecule has 0 saturated heterocycles. The second-order valence-corrected chi connectivity index (χ2v) is 9.35. The monoisotopic (exact) mass is 408 g/mol. The summed E-state index contributed by atoms with van der Waals surface area (Å²) in [7, 11) is 0. The van der Waals surface area contributed by atoms with Crippen molar-refractivity contribution < 1.29 is 9.47 Å². The van der Waals surface area contributed by atoms with Gasteiger partial charge in [0.05, 0.1) is 6.61 Å². The van der Waals surface area contributed by atoms with Crippen molar-refractivity contribution in [1.82, 2.24) is 0 Å². The fourth-order valence-corrected chi connectivity index (χ4v) is 4.26. The molecule has 4 aromatic carbocycles. The molecule has 6 rings (SSSR count). The summed E-state index contributed by atoms with van der Waals surface area (Å²) in [6.45, 7) is 0.835. The molecule has 0 spiro atoms. The summed E-state index contributed by atoms with van der Waals surface area (Å²) in [5, 5.41) is 4.86. The van der Waals surface area contributed by atoms with Gasteiger partial charge in [0, 0.05) is 0 Å². The van der Waals surface area contributed by atoms with Crippen molar-refractivity contribution >= 4 is 21.5 Å². The topological polar surface area (TPSA) is 18.5 Å². The first-order valence-electron chi connectivity index (χ1n) is 11.7. The van der Waals surface area contributed by atoms with Crippen LogP contribution in [0, 0.1) is 11.8 Å². The van der Waals surface area contributed by atoms with Gasteiger partial charge in [0.1, 0.15) is 17.2 Å². The van der Waals surface area contributed by atoms with Gasteiger partial charge in [0.25, 0.3) is 0 Å². The number of rotatable bonds is 8. The molecule has 0 N–H and O–H groups in total. The zero-order valence-electron chi connectivity index (χ0n) is 17.8. The summed E-state index contributed by atoms with van der Waals surface area (Å²) < 4.78 is 12.2. The zero-order valence-corrected chi connectivity index (χ0v) is 17.8. The van der Waals surface area contributed by atoms with E-state index in [-0.39, 0.29) is 0 Å². The minimum absolute atomic E-state index is 0.757. The van der Waals surface area contributed by atoms with Gasteiger partial charge < -0.3 is 9.47 Å². The third kappa shape index (κ3) is 4.54. The fourth-order valence-electron chi connectivity index (χ4n) is 4.26. The van der Waals surface area contributed by atoms with Crippen LogP contribution in [0.5, 0.6) is 17.2 Å². The number of hydrogen-bond acceptors (Lipinski definition) is 2. The van der Waals surface area contributed by atoms with Crippen molar-refractivity contribution in [2.45, 2.75) is 38.5 Å². The maximum Gasteiger partial charge on any atom is 0.128 e. The van der Waals surface area contributed by atoms with Crippen LogP contribution in [-0.2, 0) is 6.42 Å². The Balaban J connectivity index is 1.21. The molecule has 0 aromatic heterocycles. The molecule has 0 atom stereocenters. The second kappa shape index (κ2) is 7.92. The normalized spacial score (nSPS) is 16.0. The van der Waals surface area contributed by atoms with E-state index < -0.39 is 0 Å². The Kier molecular flexibility index (Phi) is 4.79. The Morgan fingerprint density at radius 1 is 0.581 bits per heavy atom. The third-order valence-electron chi connectivity index (χ3n) is 6.62. The molecule has 0 aliphatic heterocycles. The van der Waals surface area contributed by atoms with E-state index in [1.54, 1.807) is 0 Å². The van der Waals surface area contributed by atoms with Gasteiger partial charge in [-0.2, -0.15) is 0 Å². The first-order valence-corrected chi connectivity index (χ1v) is 11.7. The van der Waals surface area contributed by atoms with Gasteiger partial charge in [0.2, 0.25) is 0 Å². The maximum absolute atomic E-state index is 6.25. The Bertz CT molecular complexity index is 1140. The molecule has 2 aliphatic carbocycles. The van der Waals surface area contributed by atoms with Crippen molar-refractivity contribution in [2.24, 2.45) is 11.8 Å². The smallest absolute Gasteiger partial charge is 0.128 e. The summed E-state index contributed by atoms with van der Waals surface area (Å²) in [4.78, 5) is 0. The third-order valence-corrected chi connectivity index (χ3v) is 6.62. The van der Waals surface area contributed by atoms with E-state index in [2.05, 4.69) is 66.7 Å². The molecule has 31 heavy (non-hydrogen) atoms. The van der Waals surface area contributed by atoms with Crippen LogP contribution in [0.3, 0.4) is 0 Å². The van der Waals surface area contributed by atoms with E-state index in [0.29, 0.717) is 0 Å². The molecular formula is C29H28O2. The predicted molar refractivity (Wildman–Crippen MR) is 127 cm³/mol. The van der Waals surface area contributed by atoms with Crippen molar-refractivity contribution in [3.05, 3.63) is 78.4 Å². The van der Waals surface area contributed by atoms with Crippen LogP contribution in [-0.4, -0.2) is 6.61 Å². The quantitative estimate of drug-likeness (QED) is 0.295. The van der Waals surface area contributed by atoms with E-state index in [1.807, 2.05) is 6.07 Å². The number of ether oxygens (including phenoxy) is 2. The van der Waals surface area contributed by atoms with E-state index >= 15 is 0 Å². The standard InChI is InChI=1S/C29H28O2/c1-2-20(1)3-4-21-7-8-23-10-13-28(17-25(23)15-21)31-29-14-11-24-9-12-27(16-26(24)18-29)30-19-22-5-6-22/h7-18,20,22H,1-6,19H2. The zero-order chi connectivity index (χ0) is 20.6. The van der Waals surface area contributed by atoms with Gasteiger partial charge in [-0.25, -0.2) is 0 Å². The van der Waals surface area contributed by atoms with E-state index in [4.69, 9.17) is 9.47 Å². The largest absolute Gasteiger partial charge is 0.493 e. The van der Waals surface area contributed by atoms with E-state index in [1.165, 1.54) is 60.2 Å². The molecule has 2 aliphatic rings. The minimum atomic E-state index is 0.757. The highest BCUT2D eigenvalue weighted by Gasteiger charge is 2.22. The van der Waals surface area contributed by atoms with Crippen molar-refractivity contribution in [3.8, 4) is 17.2 Å². The van der Waals surface area contributed by atoms with Crippen LogP contribution < -0.4 is 9.47 Å². The Morgan fingerprint density at radius 2 is 1.16 bits per heavy atom. The minimum Gasteiger partial charge on any atom is -0.493 e. The van der Waals surface area contributed by atoms with Crippen molar-refractivity contribution in [3.63, 3.8) is 0 Å². The molecule has 2 heteroatoms.